The Bertz CT molecular complexity index is 268. The normalized spacial score (nSPS) is 36.5. The topological polar surface area (TPSA) is 21.7 Å². The molecule has 3 saturated heterocycles. The Morgan fingerprint density at radius 2 is 1.94 bits per heavy atom. The number of rotatable bonds is 3. The fourth-order valence-corrected chi connectivity index (χ4v) is 3.93. The first kappa shape index (κ1) is 12.9. The van der Waals surface area contributed by atoms with Gasteiger partial charge in [-0.05, 0) is 38.0 Å². The molecular weight excluding hydrogens is 226 g/mol. The van der Waals surface area contributed by atoms with E-state index in [9.17, 15) is 0 Å². The molecule has 0 amide bonds. The number of hydrogen-bond acceptors (Lipinski definition) is 3. The Labute approximate surface area is 111 Å². The van der Waals surface area contributed by atoms with Gasteiger partial charge in [-0.3, -0.25) is 0 Å². The first-order valence-corrected chi connectivity index (χ1v) is 7.71. The van der Waals surface area contributed by atoms with E-state index in [1.165, 1.54) is 51.7 Å². The highest BCUT2D eigenvalue weighted by molar-refractivity contribution is 4.96. The summed E-state index contributed by atoms with van der Waals surface area (Å²) < 4.78 is 11.2. The smallest absolute Gasteiger partial charge is 0.0575 e. The first-order valence-electron chi connectivity index (χ1n) is 7.71. The summed E-state index contributed by atoms with van der Waals surface area (Å²) in [5.41, 5.74) is 0.633. The van der Waals surface area contributed by atoms with Gasteiger partial charge in [0.25, 0.3) is 0 Å². The molecule has 3 aliphatic heterocycles. The second-order valence-electron chi connectivity index (χ2n) is 6.57. The minimum absolute atomic E-state index is 0.530. The molecule has 104 valence electrons. The van der Waals surface area contributed by atoms with Crippen LogP contribution in [0.4, 0.5) is 0 Å². The maximum Gasteiger partial charge on any atom is 0.0575 e. The number of nitrogens with zero attached hydrogens (tertiary/aromatic N) is 1. The first-order chi connectivity index (χ1) is 8.80. The van der Waals surface area contributed by atoms with Crippen LogP contribution in [0.2, 0.25) is 0 Å². The lowest BCUT2D eigenvalue weighted by atomic mass is 9.73. The number of likely N-dealkylation sites (tertiary alicyclic amines) is 1. The summed E-state index contributed by atoms with van der Waals surface area (Å²) in [6, 6.07) is 0. The third-order valence-electron chi connectivity index (χ3n) is 5.12. The molecule has 3 fully saturated rings. The van der Waals surface area contributed by atoms with Gasteiger partial charge in [-0.1, -0.05) is 6.92 Å². The van der Waals surface area contributed by atoms with E-state index in [4.69, 9.17) is 9.47 Å². The zero-order valence-corrected chi connectivity index (χ0v) is 11.7. The second kappa shape index (κ2) is 5.48. The fraction of sp³-hybridized carbons (Fsp3) is 1.00. The molecule has 0 saturated carbocycles. The molecule has 3 rings (SSSR count). The maximum atomic E-state index is 5.77. The van der Waals surface area contributed by atoms with Gasteiger partial charge in [-0.15, -0.1) is 0 Å². The van der Waals surface area contributed by atoms with E-state index < -0.39 is 0 Å². The van der Waals surface area contributed by atoms with Crippen LogP contribution >= 0.6 is 0 Å². The van der Waals surface area contributed by atoms with Crippen LogP contribution in [0.25, 0.3) is 0 Å². The van der Waals surface area contributed by atoms with Crippen molar-refractivity contribution in [2.75, 3.05) is 39.5 Å². The molecule has 3 heteroatoms. The zero-order valence-electron chi connectivity index (χ0n) is 11.7. The average molecular weight is 253 g/mol. The van der Waals surface area contributed by atoms with E-state index in [0.29, 0.717) is 11.5 Å². The van der Waals surface area contributed by atoms with Crippen molar-refractivity contribution in [2.24, 2.45) is 11.3 Å². The van der Waals surface area contributed by atoms with Gasteiger partial charge in [0.15, 0.2) is 0 Å². The Kier molecular flexibility index (Phi) is 3.92. The van der Waals surface area contributed by atoms with Crippen LogP contribution in [0, 0.1) is 11.3 Å². The molecule has 3 aliphatic rings. The molecule has 0 aromatic rings. The average Bonchev–Trinajstić information content (AvgIpc) is 2.38. The zero-order chi connectivity index (χ0) is 12.4. The van der Waals surface area contributed by atoms with Crippen molar-refractivity contribution in [1.29, 1.82) is 0 Å². The van der Waals surface area contributed by atoms with Crippen LogP contribution in [0.5, 0.6) is 0 Å². The van der Waals surface area contributed by atoms with Crippen molar-refractivity contribution in [1.82, 2.24) is 4.90 Å². The van der Waals surface area contributed by atoms with Gasteiger partial charge in [-0.2, -0.15) is 0 Å². The summed E-state index contributed by atoms with van der Waals surface area (Å²) in [5, 5.41) is 0. The van der Waals surface area contributed by atoms with E-state index in [1.54, 1.807) is 0 Å². The van der Waals surface area contributed by atoms with Gasteiger partial charge in [0.05, 0.1) is 6.10 Å². The van der Waals surface area contributed by atoms with Crippen molar-refractivity contribution < 1.29 is 9.47 Å². The van der Waals surface area contributed by atoms with Crippen LogP contribution < -0.4 is 0 Å². The minimum Gasteiger partial charge on any atom is -0.381 e. The molecular formula is C15H27NO2. The highest BCUT2D eigenvalue weighted by Gasteiger charge is 2.44. The lowest BCUT2D eigenvalue weighted by molar-refractivity contribution is -0.0943. The number of ether oxygens (including phenoxy) is 2. The molecule has 3 nitrogen and oxygen atoms in total. The molecule has 3 heterocycles. The lowest BCUT2D eigenvalue weighted by Crippen LogP contribution is -2.59. The summed E-state index contributed by atoms with van der Waals surface area (Å²) >= 11 is 0. The number of hydrogen-bond donors (Lipinski definition) is 0. The summed E-state index contributed by atoms with van der Waals surface area (Å²) in [6.07, 6.45) is 6.83. The van der Waals surface area contributed by atoms with Gasteiger partial charge >= 0.3 is 0 Å². The standard InChI is InChI=1S/C15H27NO2/c1-2-14-9-13(3-6-18-14)10-16-11-15(12-16)4-7-17-8-5-15/h13-14H,2-12H2,1H3. The Balaban J connectivity index is 1.42. The van der Waals surface area contributed by atoms with Crippen molar-refractivity contribution in [2.45, 2.75) is 45.1 Å². The summed E-state index contributed by atoms with van der Waals surface area (Å²) in [5.74, 6) is 0.876. The van der Waals surface area contributed by atoms with E-state index in [2.05, 4.69) is 11.8 Å². The van der Waals surface area contributed by atoms with Crippen molar-refractivity contribution >= 4 is 0 Å². The van der Waals surface area contributed by atoms with Crippen molar-refractivity contribution in [3.05, 3.63) is 0 Å². The monoisotopic (exact) mass is 253 g/mol. The van der Waals surface area contributed by atoms with Gasteiger partial charge in [0.1, 0.15) is 0 Å². The quantitative estimate of drug-likeness (QED) is 0.770. The van der Waals surface area contributed by atoms with Crippen molar-refractivity contribution in [3.8, 4) is 0 Å². The van der Waals surface area contributed by atoms with Crippen LogP contribution in [0.3, 0.4) is 0 Å². The predicted octanol–water partition coefficient (Wildman–Crippen LogP) is 2.30. The molecule has 0 aliphatic carbocycles. The van der Waals surface area contributed by atoms with Crippen LogP contribution in [0.1, 0.15) is 39.0 Å². The highest BCUT2D eigenvalue weighted by Crippen LogP contribution is 2.40. The van der Waals surface area contributed by atoms with Gasteiger partial charge in [0.2, 0.25) is 0 Å². The molecule has 18 heavy (non-hydrogen) atoms. The largest absolute Gasteiger partial charge is 0.381 e. The minimum atomic E-state index is 0.530. The maximum absolute atomic E-state index is 5.77. The summed E-state index contributed by atoms with van der Waals surface area (Å²) in [4.78, 5) is 2.67. The van der Waals surface area contributed by atoms with E-state index in [0.717, 1.165) is 25.7 Å². The SMILES string of the molecule is CCC1CC(CN2CC3(CCOCC3)C2)CCO1. The second-order valence-corrected chi connectivity index (χ2v) is 6.57. The van der Waals surface area contributed by atoms with Gasteiger partial charge < -0.3 is 14.4 Å². The molecule has 0 aromatic carbocycles. The molecule has 2 atom stereocenters. The molecule has 0 bridgehead atoms. The Hall–Kier alpha value is -0.120. The summed E-state index contributed by atoms with van der Waals surface area (Å²) in [6.45, 7) is 9.16. The van der Waals surface area contributed by atoms with Crippen molar-refractivity contribution in [3.63, 3.8) is 0 Å². The van der Waals surface area contributed by atoms with E-state index in [-0.39, 0.29) is 0 Å². The molecule has 2 unspecified atom stereocenters. The van der Waals surface area contributed by atoms with Crippen LogP contribution in [0.15, 0.2) is 0 Å². The van der Waals surface area contributed by atoms with Gasteiger partial charge in [-0.25, -0.2) is 0 Å². The highest BCUT2D eigenvalue weighted by atomic mass is 16.5. The molecule has 0 N–H and O–H groups in total. The Morgan fingerprint density at radius 1 is 1.17 bits per heavy atom. The lowest BCUT2D eigenvalue weighted by Gasteiger charge is -2.53. The van der Waals surface area contributed by atoms with Crippen LogP contribution in [-0.2, 0) is 9.47 Å². The van der Waals surface area contributed by atoms with Gasteiger partial charge in [0, 0.05) is 44.9 Å². The Morgan fingerprint density at radius 3 is 2.67 bits per heavy atom. The molecule has 0 radical (unpaired) electrons. The molecule has 1 spiro atoms. The van der Waals surface area contributed by atoms with Crippen LogP contribution in [-0.4, -0.2) is 50.5 Å². The third kappa shape index (κ3) is 2.73. The fourth-order valence-electron chi connectivity index (χ4n) is 3.93. The van der Waals surface area contributed by atoms with E-state index >= 15 is 0 Å². The molecule has 0 aromatic heterocycles. The van der Waals surface area contributed by atoms with E-state index in [1.807, 2.05) is 0 Å². The summed E-state index contributed by atoms with van der Waals surface area (Å²) in [7, 11) is 0. The predicted molar refractivity (Wildman–Crippen MR) is 71.7 cm³/mol. The third-order valence-corrected chi connectivity index (χ3v) is 5.12.